The fourth-order valence-corrected chi connectivity index (χ4v) is 1.35. The third-order valence-electron chi connectivity index (χ3n) is 1.86. The van der Waals surface area contributed by atoms with E-state index in [0.717, 1.165) is 0 Å². The summed E-state index contributed by atoms with van der Waals surface area (Å²) in [5.41, 5.74) is 0.228. The number of esters is 1. The van der Waals surface area contributed by atoms with Crippen molar-refractivity contribution in [3.8, 4) is 6.01 Å². The molecule has 0 N–H and O–H groups in total. The van der Waals surface area contributed by atoms with E-state index in [1.165, 1.54) is 0 Å². The number of carbonyl (C=O) groups is 1. The van der Waals surface area contributed by atoms with Crippen LogP contribution in [-0.4, -0.2) is 22.1 Å². The fourth-order valence-electron chi connectivity index (χ4n) is 1.21. The number of nitrogens with zero attached hydrogens (tertiary/aromatic N) is 2. The summed E-state index contributed by atoms with van der Waals surface area (Å²) in [6.45, 7) is 2.60. The van der Waals surface area contributed by atoms with Gasteiger partial charge in [-0.05, 0) is 24.6 Å². The first-order valence-corrected chi connectivity index (χ1v) is 4.86. The zero-order valence-electron chi connectivity index (χ0n) is 8.07. The van der Waals surface area contributed by atoms with E-state index in [-0.39, 0.29) is 10.9 Å². The highest BCUT2D eigenvalue weighted by Gasteiger charge is 2.18. The maximum absolute atomic E-state index is 11.3. The zero-order valence-corrected chi connectivity index (χ0v) is 8.82. The van der Waals surface area contributed by atoms with Crippen LogP contribution in [0.2, 0.25) is 0 Å². The van der Waals surface area contributed by atoms with Crippen LogP contribution in [0.25, 0.3) is 0 Å². The van der Waals surface area contributed by atoms with E-state index in [4.69, 9.17) is 21.1 Å². The van der Waals surface area contributed by atoms with Gasteiger partial charge in [-0.25, -0.2) is 4.79 Å². The summed E-state index contributed by atoms with van der Waals surface area (Å²) in [4.78, 5) is 15.3. The Kier molecular flexibility index (Phi) is 2.64. The lowest BCUT2D eigenvalue weighted by Crippen LogP contribution is -2.06. The number of hydrogen-bond donors (Lipinski definition) is 0. The van der Waals surface area contributed by atoms with Crippen molar-refractivity contribution in [1.82, 2.24) is 9.55 Å². The summed E-state index contributed by atoms with van der Waals surface area (Å²) in [5.74, 6) is -0.459. The van der Waals surface area contributed by atoms with Crippen molar-refractivity contribution >= 4 is 17.6 Å². The summed E-state index contributed by atoms with van der Waals surface area (Å²) >= 11 is 5.66. The van der Waals surface area contributed by atoms with Crippen LogP contribution in [0, 0.1) is 0 Å². The van der Waals surface area contributed by atoms with Gasteiger partial charge in [0, 0.05) is 12.7 Å². The third-order valence-corrected chi connectivity index (χ3v) is 2.09. The average Bonchev–Trinajstić information content (AvgIpc) is 2.60. The maximum atomic E-state index is 11.3. The lowest BCUT2D eigenvalue weighted by atomic mass is 10.5. The first kappa shape index (κ1) is 10.0. The van der Waals surface area contributed by atoms with Crippen LogP contribution in [0.3, 0.4) is 0 Å². The van der Waals surface area contributed by atoms with E-state index in [0.29, 0.717) is 19.2 Å². The second kappa shape index (κ2) is 3.94. The van der Waals surface area contributed by atoms with Crippen LogP contribution in [0.15, 0.2) is 17.5 Å². The van der Waals surface area contributed by atoms with Gasteiger partial charge in [0.1, 0.15) is 0 Å². The molecular weight excluding hydrogens is 220 g/mol. The predicted octanol–water partition coefficient (Wildman–Crippen LogP) is 1.53. The molecule has 1 aromatic rings. The Bertz CT molecular complexity index is 425. The second-order valence-electron chi connectivity index (χ2n) is 2.89. The molecule has 1 aliphatic rings. The number of hydrogen-bond acceptors (Lipinski definition) is 4. The quantitative estimate of drug-likeness (QED) is 0.721. The van der Waals surface area contributed by atoms with Gasteiger partial charge in [0.15, 0.2) is 10.9 Å². The second-order valence-corrected chi connectivity index (χ2v) is 3.26. The van der Waals surface area contributed by atoms with Crippen molar-refractivity contribution in [1.29, 1.82) is 0 Å². The molecule has 0 unspecified atom stereocenters. The van der Waals surface area contributed by atoms with Gasteiger partial charge in [0.05, 0.1) is 6.61 Å². The molecule has 0 saturated carbocycles. The minimum atomic E-state index is -0.459. The molecule has 2 rings (SSSR count). The van der Waals surface area contributed by atoms with Gasteiger partial charge in [-0.15, -0.1) is 0 Å². The molecule has 0 bridgehead atoms. The first-order chi connectivity index (χ1) is 7.20. The molecule has 0 fully saturated rings. The molecule has 0 radical (unpaired) electrons. The summed E-state index contributed by atoms with van der Waals surface area (Å²) in [6.07, 6.45) is 3.26. The van der Waals surface area contributed by atoms with Crippen molar-refractivity contribution in [2.75, 3.05) is 6.61 Å². The standard InChI is InChI=1S/C9H9ClN2O3/c1-2-14-8(13)6-5-12-4-3-7(10)15-9(12)11-6/h3,5H,2,4H2,1H3. The lowest BCUT2D eigenvalue weighted by Gasteiger charge is -2.10. The monoisotopic (exact) mass is 228 g/mol. The fraction of sp³-hybridized carbons (Fsp3) is 0.333. The summed E-state index contributed by atoms with van der Waals surface area (Å²) in [6, 6.07) is 0.311. The summed E-state index contributed by atoms with van der Waals surface area (Å²) < 4.78 is 11.6. The Morgan fingerprint density at radius 3 is 3.33 bits per heavy atom. The highest BCUT2D eigenvalue weighted by Crippen LogP contribution is 2.21. The number of rotatable bonds is 2. The Balaban J connectivity index is 2.21. The molecule has 0 aromatic carbocycles. The van der Waals surface area contributed by atoms with E-state index in [1.54, 1.807) is 23.8 Å². The minimum absolute atomic E-state index is 0.228. The number of aromatic nitrogens is 2. The van der Waals surface area contributed by atoms with E-state index in [9.17, 15) is 4.79 Å². The van der Waals surface area contributed by atoms with Crippen LogP contribution in [0.1, 0.15) is 17.4 Å². The van der Waals surface area contributed by atoms with Gasteiger partial charge in [-0.2, -0.15) is 4.98 Å². The molecule has 0 saturated heterocycles. The Labute approximate surface area is 91.3 Å². The van der Waals surface area contributed by atoms with E-state index < -0.39 is 5.97 Å². The van der Waals surface area contributed by atoms with Gasteiger partial charge in [0.2, 0.25) is 0 Å². The zero-order chi connectivity index (χ0) is 10.8. The number of halogens is 1. The van der Waals surface area contributed by atoms with Gasteiger partial charge in [-0.1, -0.05) is 0 Å². The van der Waals surface area contributed by atoms with Gasteiger partial charge < -0.3 is 9.47 Å². The van der Waals surface area contributed by atoms with Crippen molar-refractivity contribution in [2.45, 2.75) is 13.5 Å². The minimum Gasteiger partial charge on any atom is -0.461 e. The normalized spacial score (nSPS) is 13.9. The molecule has 1 aliphatic heterocycles. The topological polar surface area (TPSA) is 53.4 Å². The van der Waals surface area contributed by atoms with Crippen LogP contribution >= 0.6 is 11.6 Å². The third kappa shape index (κ3) is 1.97. The average molecular weight is 229 g/mol. The maximum Gasteiger partial charge on any atom is 0.358 e. The van der Waals surface area contributed by atoms with Gasteiger partial charge >= 0.3 is 12.0 Å². The molecule has 6 heteroatoms. The smallest absolute Gasteiger partial charge is 0.358 e. The van der Waals surface area contributed by atoms with E-state index in [1.807, 2.05) is 0 Å². The molecule has 0 aliphatic carbocycles. The molecule has 5 nitrogen and oxygen atoms in total. The number of fused-ring (bicyclic) bond motifs is 1. The van der Waals surface area contributed by atoms with E-state index >= 15 is 0 Å². The van der Waals surface area contributed by atoms with Crippen molar-refractivity contribution < 1.29 is 14.3 Å². The van der Waals surface area contributed by atoms with Crippen LogP contribution in [0.4, 0.5) is 0 Å². The van der Waals surface area contributed by atoms with Gasteiger partial charge in [-0.3, -0.25) is 4.57 Å². The van der Waals surface area contributed by atoms with Crippen LogP contribution in [0.5, 0.6) is 6.01 Å². The van der Waals surface area contributed by atoms with Crippen LogP contribution < -0.4 is 4.74 Å². The van der Waals surface area contributed by atoms with Gasteiger partial charge in [0.25, 0.3) is 0 Å². The van der Waals surface area contributed by atoms with Crippen molar-refractivity contribution in [2.24, 2.45) is 0 Å². The number of allylic oxidation sites excluding steroid dienone is 1. The molecular formula is C9H9ClN2O3. The largest absolute Gasteiger partial charge is 0.461 e. The molecule has 15 heavy (non-hydrogen) atoms. The van der Waals surface area contributed by atoms with E-state index in [2.05, 4.69) is 4.98 Å². The lowest BCUT2D eigenvalue weighted by molar-refractivity contribution is 0.0519. The summed E-state index contributed by atoms with van der Waals surface area (Å²) in [5, 5.41) is 0.267. The van der Waals surface area contributed by atoms with Crippen molar-refractivity contribution in [3.05, 3.63) is 23.2 Å². The van der Waals surface area contributed by atoms with Crippen molar-refractivity contribution in [3.63, 3.8) is 0 Å². The predicted molar refractivity (Wildman–Crippen MR) is 52.7 cm³/mol. The highest BCUT2D eigenvalue weighted by molar-refractivity contribution is 6.28. The molecule has 1 aromatic heterocycles. The SMILES string of the molecule is CCOC(=O)c1cn2c(n1)OC(Cl)=CC2. The van der Waals surface area contributed by atoms with Crippen LogP contribution in [-0.2, 0) is 11.3 Å². The molecule has 0 amide bonds. The molecule has 2 heterocycles. The number of ether oxygens (including phenoxy) is 2. The first-order valence-electron chi connectivity index (χ1n) is 4.48. The Morgan fingerprint density at radius 2 is 2.60 bits per heavy atom. The number of imidazole rings is 1. The Hall–Kier alpha value is -1.49. The number of carbonyl (C=O) groups excluding carboxylic acids is 1. The molecule has 80 valence electrons. The highest BCUT2D eigenvalue weighted by atomic mass is 35.5. The molecule has 0 spiro atoms. The Morgan fingerprint density at radius 1 is 1.80 bits per heavy atom. The molecule has 0 atom stereocenters. The summed E-state index contributed by atoms with van der Waals surface area (Å²) in [7, 11) is 0.